The van der Waals surface area contributed by atoms with Gasteiger partial charge in [0.05, 0.1) is 0 Å². The second-order valence-corrected chi connectivity index (χ2v) is 6.37. The Labute approximate surface area is 143 Å². The molecule has 1 unspecified atom stereocenters. The number of hydrogen-bond donors (Lipinski definition) is 2. The SMILES string of the molecule is Cl.O=C(COc1ccccc1)N1CC(CO)C2(CCNCC2)C1. The Balaban J connectivity index is 0.00000192. The molecule has 1 atom stereocenters. The van der Waals surface area contributed by atoms with E-state index < -0.39 is 0 Å². The molecule has 2 aliphatic heterocycles. The van der Waals surface area contributed by atoms with Crippen LogP contribution < -0.4 is 10.1 Å². The lowest BCUT2D eigenvalue weighted by molar-refractivity contribution is -0.132. The van der Waals surface area contributed by atoms with Crippen molar-refractivity contribution >= 4 is 18.3 Å². The summed E-state index contributed by atoms with van der Waals surface area (Å²) in [4.78, 5) is 14.3. The van der Waals surface area contributed by atoms with E-state index in [0.717, 1.165) is 32.5 Å². The summed E-state index contributed by atoms with van der Waals surface area (Å²) in [6, 6.07) is 9.40. The van der Waals surface area contributed by atoms with E-state index in [1.54, 1.807) is 0 Å². The largest absolute Gasteiger partial charge is 0.484 e. The zero-order valence-corrected chi connectivity index (χ0v) is 14.1. The Morgan fingerprint density at radius 1 is 1.30 bits per heavy atom. The van der Waals surface area contributed by atoms with Gasteiger partial charge < -0.3 is 20.1 Å². The predicted molar refractivity (Wildman–Crippen MR) is 90.9 cm³/mol. The van der Waals surface area contributed by atoms with Crippen LogP contribution in [0.5, 0.6) is 5.75 Å². The van der Waals surface area contributed by atoms with Crippen molar-refractivity contribution in [2.24, 2.45) is 11.3 Å². The number of hydrogen-bond acceptors (Lipinski definition) is 4. The number of nitrogens with zero attached hydrogens (tertiary/aromatic N) is 1. The molecular formula is C17H25ClN2O3. The average Bonchev–Trinajstić information content (AvgIpc) is 2.92. The molecule has 2 heterocycles. The van der Waals surface area contributed by atoms with Crippen LogP contribution in [0.2, 0.25) is 0 Å². The van der Waals surface area contributed by atoms with Gasteiger partial charge in [0.15, 0.2) is 6.61 Å². The maximum absolute atomic E-state index is 12.4. The number of aliphatic hydroxyl groups is 1. The van der Waals surface area contributed by atoms with Gasteiger partial charge in [-0.25, -0.2) is 0 Å². The molecule has 0 aliphatic carbocycles. The zero-order valence-electron chi connectivity index (χ0n) is 13.2. The maximum atomic E-state index is 12.4. The van der Waals surface area contributed by atoms with Crippen molar-refractivity contribution in [2.75, 3.05) is 39.4 Å². The van der Waals surface area contributed by atoms with Gasteiger partial charge in [-0.1, -0.05) is 18.2 Å². The van der Waals surface area contributed by atoms with Crippen LogP contribution in [-0.4, -0.2) is 55.3 Å². The number of aliphatic hydroxyl groups excluding tert-OH is 1. The number of piperidine rings is 1. The van der Waals surface area contributed by atoms with Gasteiger partial charge in [0.1, 0.15) is 5.75 Å². The molecule has 0 aromatic heterocycles. The summed E-state index contributed by atoms with van der Waals surface area (Å²) < 4.78 is 5.56. The summed E-state index contributed by atoms with van der Waals surface area (Å²) in [7, 11) is 0. The van der Waals surface area contributed by atoms with Gasteiger partial charge in [0, 0.05) is 25.6 Å². The van der Waals surface area contributed by atoms with Crippen molar-refractivity contribution in [2.45, 2.75) is 12.8 Å². The van der Waals surface area contributed by atoms with E-state index in [1.807, 2.05) is 35.2 Å². The third-order valence-corrected chi connectivity index (χ3v) is 5.09. The van der Waals surface area contributed by atoms with Crippen molar-refractivity contribution in [3.8, 4) is 5.75 Å². The Bertz CT molecular complexity index is 506. The second kappa shape index (κ2) is 7.99. The van der Waals surface area contributed by atoms with Crippen molar-refractivity contribution < 1.29 is 14.6 Å². The molecule has 2 aliphatic rings. The van der Waals surface area contributed by atoms with Crippen molar-refractivity contribution in [3.05, 3.63) is 30.3 Å². The van der Waals surface area contributed by atoms with E-state index in [-0.39, 0.29) is 42.9 Å². The average molecular weight is 341 g/mol. The molecule has 1 spiro atoms. The van der Waals surface area contributed by atoms with Gasteiger partial charge in [0.2, 0.25) is 0 Å². The van der Waals surface area contributed by atoms with Crippen LogP contribution in [0, 0.1) is 11.3 Å². The monoisotopic (exact) mass is 340 g/mol. The minimum absolute atomic E-state index is 0. The molecule has 0 bridgehead atoms. The van der Waals surface area contributed by atoms with Crippen LogP contribution >= 0.6 is 12.4 Å². The fourth-order valence-electron chi connectivity index (χ4n) is 3.72. The summed E-state index contributed by atoms with van der Waals surface area (Å²) >= 11 is 0. The molecule has 1 amide bonds. The number of likely N-dealkylation sites (tertiary alicyclic amines) is 1. The van der Waals surface area contributed by atoms with Gasteiger partial charge in [-0.05, 0) is 43.5 Å². The van der Waals surface area contributed by atoms with Crippen LogP contribution in [0.3, 0.4) is 0 Å². The lowest BCUT2D eigenvalue weighted by Crippen LogP contribution is -2.43. The van der Waals surface area contributed by atoms with Crippen LogP contribution in [0.15, 0.2) is 30.3 Å². The first-order valence-corrected chi connectivity index (χ1v) is 8.01. The maximum Gasteiger partial charge on any atom is 0.260 e. The standard InChI is InChI=1S/C17H24N2O3.ClH/c20-11-14-10-19(13-17(14)6-8-18-9-7-17)16(21)12-22-15-4-2-1-3-5-15;/h1-5,14,18,20H,6-13H2;1H. The lowest BCUT2D eigenvalue weighted by Gasteiger charge is -2.37. The Morgan fingerprint density at radius 2 is 2.00 bits per heavy atom. The number of ether oxygens (including phenoxy) is 1. The highest BCUT2D eigenvalue weighted by Gasteiger charge is 2.47. The molecule has 2 saturated heterocycles. The van der Waals surface area contributed by atoms with E-state index in [4.69, 9.17) is 4.74 Å². The predicted octanol–water partition coefficient (Wildman–Crippen LogP) is 1.31. The Kier molecular flexibility index (Phi) is 6.27. The molecule has 0 radical (unpaired) electrons. The Hall–Kier alpha value is -1.30. The number of benzene rings is 1. The minimum atomic E-state index is 0. The zero-order chi connectivity index (χ0) is 15.4. The number of carbonyl (C=O) groups is 1. The number of carbonyl (C=O) groups excluding carboxylic acids is 1. The highest BCUT2D eigenvalue weighted by atomic mass is 35.5. The number of amides is 1. The fraction of sp³-hybridized carbons (Fsp3) is 0.588. The van der Waals surface area contributed by atoms with E-state index >= 15 is 0 Å². The molecule has 2 fully saturated rings. The molecule has 1 aromatic carbocycles. The van der Waals surface area contributed by atoms with E-state index in [0.29, 0.717) is 12.3 Å². The highest BCUT2D eigenvalue weighted by Crippen LogP contribution is 2.43. The second-order valence-electron chi connectivity index (χ2n) is 6.37. The molecule has 6 heteroatoms. The molecule has 23 heavy (non-hydrogen) atoms. The topological polar surface area (TPSA) is 61.8 Å². The van der Waals surface area contributed by atoms with Gasteiger partial charge in [-0.3, -0.25) is 4.79 Å². The molecule has 2 N–H and O–H groups in total. The van der Waals surface area contributed by atoms with Gasteiger partial charge in [-0.2, -0.15) is 0 Å². The fourth-order valence-corrected chi connectivity index (χ4v) is 3.72. The van der Waals surface area contributed by atoms with E-state index in [2.05, 4.69) is 5.32 Å². The van der Waals surface area contributed by atoms with E-state index in [1.165, 1.54) is 0 Å². The molecule has 128 valence electrons. The smallest absolute Gasteiger partial charge is 0.260 e. The van der Waals surface area contributed by atoms with Crippen LogP contribution in [0.25, 0.3) is 0 Å². The van der Waals surface area contributed by atoms with Gasteiger partial charge in [0.25, 0.3) is 5.91 Å². The van der Waals surface area contributed by atoms with E-state index in [9.17, 15) is 9.90 Å². The first kappa shape index (κ1) is 18.0. The summed E-state index contributed by atoms with van der Waals surface area (Å²) in [5, 5.41) is 13.1. The molecular weight excluding hydrogens is 316 g/mol. The molecule has 0 saturated carbocycles. The van der Waals surface area contributed by atoms with Crippen LogP contribution in [-0.2, 0) is 4.79 Å². The van der Waals surface area contributed by atoms with Gasteiger partial charge >= 0.3 is 0 Å². The highest BCUT2D eigenvalue weighted by molar-refractivity contribution is 5.85. The summed E-state index contributed by atoms with van der Waals surface area (Å²) in [6.07, 6.45) is 2.06. The first-order valence-electron chi connectivity index (χ1n) is 8.01. The summed E-state index contributed by atoms with van der Waals surface area (Å²) in [5.74, 6) is 0.915. The molecule has 3 rings (SSSR count). The minimum Gasteiger partial charge on any atom is -0.484 e. The third kappa shape index (κ3) is 3.97. The summed E-state index contributed by atoms with van der Waals surface area (Å²) in [6.45, 7) is 3.56. The molecule has 5 nitrogen and oxygen atoms in total. The molecule has 1 aromatic rings. The number of para-hydroxylation sites is 1. The lowest BCUT2D eigenvalue weighted by atomic mass is 9.71. The van der Waals surface area contributed by atoms with Crippen molar-refractivity contribution in [3.63, 3.8) is 0 Å². The quantitative estimate of drug-likeness (QED) is 0.867. The number of rotatable bonds is 4. The number of halogens is 1. The van der Waals surface area contributed by atoms with Crippen molar-refractivity contribution in [1.29, 1.82) is 0 Å². The summed E-state index contributed by atoms with van der Waals surface area (Å²) in [5.41, 5.74) is 0.0857. The van der Waals surface area contributed by atoms with Crippen LogP contribution in [0.4, 0.5) is 0 Å². The first-order chi connectivity index (χ1) is 10.7. The van der Waals surface area contributed by atoms with Gasteiger partial charge in [-0.15, -0.1) is 12.4 Å². The van der Waals surface area contributed by atoms with Crippen LogP contribution in [0.1, 0.15) is 12.8 Å². The third-order valence-electron chi connectivity index (χ3n) is 5.09. The normalized spacial score (nSPS) is 22.7. The van der Waals surface area contributed by atoms with Crippen molar-refractivity contribution in [1.82, 2.24) is 10.2 Å². The Morgan fingerprint density at radius 3 is 2.65 bits per heavy atom. The number of nitrogens with one attached hydrogen (secondary N) is 1.